The lowest BCUT2D eigenvalue weighted by atomic mass is 10.0. The van der Waals surface area contributed by atoms with Crippen molar-refractivity contribution in [1.29, 1.82) is 5.41 Å². The minimum Gasteiger partial charge on any atom is -0.384 e. The Balaban J connectivity index is 2.14. The molecule has 1 atom stereocenters. The van der Waals surface area contributed by atoms with Crippen LogP contribution in [-0.2, 0) is 6.54 Å². The maximum atomic E-state index is 7.43. The molecule has 2 rings (SSSR count). The van der Waals surface area contributed by atoms with Crippen molar-refractivity contribution in [2.24, 2.45) is 5.73 Å². The van der Waals surface area contributed by atoms with Gasteiger partial charge in [-0.15, -0.1) is 0 Å². The molecule has 17 heavy (non-hydrogen) atoms. The summed E-state index contributed by atoms with van der Waals surface area (Å²) in [5, 5.41) is 7.43. The van der Waals surface area contributed by atoms with E-state index in [-0.39, 0.29) is 5.84 Å². The van der Waals surface area contributed by atoms with Crippen molar-refractivity contribution in [3.63, 3.8) is 0 Å². The van der Waals surface area contributed by atoms with Gasteiger partial charge < -0.3 is 5.73 Å². The van der Waals surface area contributed by atoms with Crippen LogP contribution in [0.15, 0.2) is 18.2 Å². The Hall–Kier alpha value is -1.35. The summed E-state index contributed by atoms with van der Waals surface area (Å²) in [6.45, 7) is 6.62. The van der Waals surface area contributed by atoms with Crippen molar-refractivity contribution in [3.8, 4) is 0 Å². The number of aryl methyl sites for hydroxylation is 1. The maximum Gasteiger partial charge on any atom is 0.122 e. The summed E-state index contributed by atoms with van der Waals surface area (Å²) < 4.78 is 0. The number of benzene rings is 1. The molecule has 1 saturated heterocycles. The Bertz CT molecular complexity index is 425. The van der Waals surface area contributed by atoms with Gasteiger partial charge in [0, 0.05) is 18.2 Å². The van der Waals surface area contributed by atoms with Crippen LogP contribution in [0.1, 0.15) is 36.5 Å². The molecule has 0 spiro atoms. The van der Waals surface area contributed by atoms with Gasteiger partial charge in [-0.1, -0.05) is 12.1 Å². The van der Waals surface area contributed by atoms with Crippen molar-refractivity contribution in [2.45, 2.75) is 39.3 Å². The van der Waals surface area contributed by atoms with E-state index in [1.807, 2.05) is 12.1 Å². The summed E-state index contributed by atoms with van der Waals surface area (Å²) in [6.07, 6.45) is 2.62. The third-order valence-electron chi connectivity index (χ3n) is 3.72. The first-order chi connectivity index (χ1) is 8.08. The molecule has 0 bridgehead atoms. The summed E-state index contributed by atoms with van der Waals surface area (Å²) in [7, 11) is 0. The van der Waals surface area contributed by atoms with Crippen LogP contribution in [0, 0.1) is 12.3 Å². The van der Waals surface area contributed by atoms with Crippen LogP contribution in [0.25, 0.3) is 0 Å². The van der Waals surface area contributed by atoms with Crippen LogP contribution in [0.3, 0.4) is 0 Å². The topological polar surface area (TPSA) is 53.1 Å². The Labute approximate surface area is 103 Å². The third-order valence-corrected chi connectivity index (χ3v) is 3.72. The van der Waals surface area contributed by atoms with Crippen molar-refractivity contribution >= 4 is 5.84 Å². The molecule has 0 aromatic heterocycles. The average Bonchev–Trinajstić information content (AvgIpc) is 2.67. The molecule has 3 N–H and O–H groups in total. The molecule has 92 valence electrons. The molecule has 1 aromatic rings. The number of nitrogen functional groups attached to an aromatic ring is 1. The van der Waals surface area contributed by atoms with Gasteiger partial charge in [-0.2, -0.15) is 0 Å². The zero-order valence-corrected chi connectivity index (χ0v) is 10.7. The van der Waals surface area contributed by atoms with E-state index in [2.05, 4.69) is 24.8 Å². The number of nitrogens with zero attached hydrogens (tertiary/aromatic N) is 1. The Kier molecular flexibility index (Phi) is 3.48. The predicted molar refractivity (Wildman–Crippen MR) is 71.3 cm³/mol. The molecular weight excluding hydrogens is 210 g/mol. The number of amidine groups is 1. The zero-order valence-electron chi connectivity index (χ0n) is 10.7. The van der Waals surface area contributed by atoms with E-state index in [9.17, 15) is 0 Å². The second-order valence-corrected chi connectivity index (χ2v) is 5.02. The van der Waals surface area contributed by atoms with Crippen molar-refractivity contribution in [2.75, 3.05) is 6.54 Å². The summed E-state index contributed by atoms with van der Waals surface area (Å²) >= 11 is 0. The van der Waals surface area contributed by atoms with E-state index in [1.54, 1.807) is 0 Å². The molecule has 0 radical (unpaired) electrons. The number of hydrogen-bond donors (Lipinski definition) is 2. The first kappa shape index (κ1) is 12.1. The minimum absolute atomic E-state index is 0.147. The molecule has 1 aliphatic rings. The minimum atomic E-state index is 0.147. The summed E-state index contributed by atoms with van der Waals surface area (Å²) in [4.78, 5) is 2.52. The Morgan fingerprint density at radius 2 is 2.29 bits per heavy atom. The molecule has 1 heterocycles. The summed E-state index contributed by atoms with van der Waals surface area (Å²) in [6, 6.07) is 6.77. The highest BCUT2D eigenvalue weighted by atomic mass is 15.2. The number of hydrogen-bond acceptors (Lipinski definition) is 2. The average molecular weight is 231 g/mol. The van der Waals surface area contributed by atoms with Gasteiger partial charge >= 0.3 is 0 Å². The Morgan fingerprint density at radius 1 is 1.53 bits per heavy atom. The number of nitrogens with one attached hydrogen (secondary N) is 1. The molecule has 1 fully saturated rings. The van der Waals surface area contributed by atoms with Crippen LogP contribution in [0.4, 0.5) is 0 Å². The smallest absolute Gasteiger partial charge is 0.122 e. The SMILES string of the molecule is Cc1cc(C(=N)N)ccc1CN1CCCC1C. The van der Waals surface area contributed by atoms with Crippen LogP contribution in [0.2, 0.25) is 0 Å². The highest BCUT2D eigenvalue weighted by Gasteiger charge is 2.20. The molecule has 1 aromatic carbocycles. The normalized spacial score (nSPS) is 20.7. The number of likely N-dealkylation sites (tertiary alicyclic amines) is 1. The van der Waals surface area contributed by atoms with Gasteiger partial charge in [0.25, 0.3) is 0 Å². The first-order valence-corrected chi connectivity index (χ1v) is 6.26. The molecule has 1 aliphatic heterocycles. The van der Waals surface area contributed by atoms with E-state index >= 15 is 0 Å². The Morgan fingerprint density at radius 3 is 2.82 bits per heavy atom. The van der Waals surface area contributed by atoms with E-state index in [0.29, 0.717) is 6.04 Å². The van der Waals surface area contributed by atoms with Crippen LogP contribution < -0.4 is 5.73 Å². The van der Waals surface area contributed by atoms with Gasteiger partial charge in [0.2, 0.25) is 0 Å². The van der Waals surface area contributed by atoms with Gasteiger partial charge in [-0.3, -0.25) is 10.3 Å². The molecule has 1 unspecified atom stereocenters. The fraction of sp³-hybridized carbons (Fsp3) is 0.500. The molecule has 0 saturated carbocycles. The monoisotopic (exact) mass is 231 g/mol. The highest BCUT2D eigenvalue weighted by Crippen LogP contribution is 2.21. The lowest BCUT2D eigenvalue weighted by molar-refractivity contribution is 0.260. The molecule has 0 amide bonds. The van der Waals surface area contributed by atoms with E-state index < -0.39 is 0 Å². The van der Waals surface area contributed by atoms with E-state index in [1.165, 1.54) is 30.5 Å². The van der Waals surface area contributed by atoms with Gasteiger partial charge in [0.05, 0.1) is 0 Å². The number of nitrogens with two attached hydrogens (primary N) is 1. The summed E-state index contributed by atoms with van der Waals surface area (Å²) in [5.41, 5.74) is 8.90. The predicted octanol–water partition coefficient (Wildman–Crippen LogP) is 2.26. The fourth-order valence-electron chi connectivity index (χ4n) is 2.49. The quantitative estimate of drug-likeness (QED) is 0.619. The molecule has 3 nitrogen and oxygen atoms in total. The third kappa shape index (κ3) is 2.67. The van der Waals surface area contributed by atoms with Crippen LogP contribution in [-0.4, -0.2) is 23.3 Å². The highest BCUT2D eigenvalue weighted by molar-refractivity contribution is 5.95. The van der Waals surface area contributed by atoms with Crippen LogP contribution >= 0.6 is 0 Å². The molecular formula is C14H21N3. The van der Waals surface area contributed by atoms with Crippen molar-refractivity contribution in [3.05, 3.63) is 34.9 Å². The first-order valence-electron chi connectivity index (χ1n) is 6.26. The standard InChI is InChI=1S/C14H21N3/c1-10-8-12(14(15)16)5-6-13(10)9-17-7-3-4-11(17)2/h5-6,8,11H,3-4,7,9H2,1-2H3,(H3,15,16). The van der Waals surface area contributed by atoms with Crippen molar-refractivity contribution < 1.29 is 0 Å². The van der Waals surface area contributed by atoms with Crippen LogP contribution in [0.5, 0.6) is 0 Å². The van der Waals surface area contributed by atoms with Gasteiger partial charge in [-0.25, -0.2) is 0 Å². The van der Waals surface area contributed by atoms with Gasteiger partial charge in [0.15, 0.2) is 0 Å². The largest absolute Gasteiger partial charge is 0.384 e. The van der Waals surface area contributed by atoms with E-state index in [0.717, 1.165) is 12.1 Å². The second kappa shape index (κ2) is 4.88. The lowest BCUT2D eigenvalue weighted by Gasteiger charge is -2.22. The maximum absolute atomic E-state index is 7.43. The van der Waals surface area contributed by atoms with Gasteiger partial charge in [0.1, 0.15) is 5.84 Å². The van der Waals surface area contributed by atoms with E-state index in [4.69, 9.17) is 11.1 Å². The molecule has 3 heteroatoms. The molecule has 0 aliphatic carbocycles. The lowest BCUT2D eigenvalue weighted by Crippen LogP contribution is -2.26. The zero-order chi connectivity index (χ0) is 12.4. The number of rotatable bonds is 3. The second-order valence-electron chi connectivity index (χ2n) is 5.02. The van der Waals surface area contributed by atoms with Crippen molar-refractivity contribution in [1.82, 2.24) is 4.90 Å². The fourth-order valence-corrected chi connectivity index (χ4v) is 2.49. The van der Waals surface area contributed by atoms with Gasteiger partial charge in [-0.05, 0) is 50.4 Å². The summed E-state index contributed by atoms with van der Waals surface area (Å²) in [5.74, 6) is 0.147.